The maximum absolute atomic E-state index is 11.0. The number of nitrogens with zero attached hydrogens (tertiary/aromatic N) is 4. The van der Waals surface area contributed by atoms with E-state index in [9.17, 15) is 10.1 Å². The molecule has 6 nitrogen and oxygen atoms in total. The van der Waals surface area contributed by atoms with Gasteiger partial charge in [0.15, 0.2) is 0 Å². The molecule has 19 heavy (non-hydrogen) atoms. The molecule has 0 spiro atoms. The first-order chi connectivity index (χ1) is 8.95. The van der Waals surface area contributed by atoms with Crippen LogP contribution in [0.5, 0.6) is 0 Å². The first-order valence-corrected chi connectivity index (χ1v) is 6.54. The molecule has 0 N–H and O–H groups in total. The van der Waals surface area contributed by atoms with E-state index in [1.165, 1.54) is 12.1 Å². The highest BCUT2D eigenvalue weighted by Crippen LogP contribution is 2.27. The zero-order chi connectivity index (χ0) is 14.4. The van der Waals surface area contributed by atoms with Crippen LogP contribution in [0.1, 0.15) is 13.3 Å². The van der Waals surface area contributed by atoms with Gasteiger partial charge >= 0.3 is 5.69 Å². The Labute approximate surface area is 118 Å². The lowest BCUT2D eigenvalue weighted by atomic mass is 10.3. The summed E-state index contributed by atoms with van der Waals surface area (Å²) >= 11 is 5.84. The molecule has 0 saturated carbocycles. The van der Waals surface area contributed by atoms with Crippen LogP contribution in [0.25, 0.3) is 0 Å². The molecule has 0 atom stereocenters. The number of rotatable bonds is 7. The largest absolute Gasteiger partial charge is 0.351 e. The third kappa shape index (κ3) is 4.65. The lowest BCUT2D eigenvalue weighted by Crippen LogP contribution is -2.28. The van der Waals surface area contributed by atoms with Crippen molar-refractivity contribution in [3.8, 4) is 0 Å². The first-order valence-electron chi connectivity index (χ1n) is 6.16. The molecule has 0 unspecified atom stereocenters. The molecule has 106 valence electrons. The molecule has 0 aliphatic heterocycles. The minimum Gasteiger partial charge on any atom is -0.351 e. The summed E-state index contributed by atoms with van der Waals surface area (Å²) in [6, 6.07) is 2.84. The molecule has 0 aliphatic carbocycles. The number of aromatic nitrogens is 1. The van der Waals surface area contributed by atoms with Crippen LogP contribution in [0.2, 0.25) is 5.15 Å². The van der Waals surface area contributed by atoms with Gasteiger partial charge in [-0.15, -0.1) is 0 Å². The lowest BCUT2D eigenvalue weighted by molar-refractivity contribution is -0.384. The van der Waals surface area contributed by atoms with Crippen LogP contribution in [0.3, 0.4) is 0 Å². The quantitative estimate of drug-likeness (QED) is 0.438. The van der Waals surface area contributed by atoms with Gasteiger partial charge in [0.1, 0.15) is 5.15 Å². The molecular weight excluding hydrogens is 268 g/mol. The van der Waals surface area contributed by atoms with E-state index in [1.54, 1.807) is 0 Å². The topological polar surface area (TPSA) is 62.5 Å². The van der Waals surface area contributed by atoms with Gasteiger partial charge in [-0.25, -0.2) is 4.98 Å². The van der Waals surface area contributed by atoms with Gasteiger partial charge < -0.3 is 9.80 Å². The Balaban J connectivity index is 2.90. The standard InChI is InChI=1S/C12H19ClN4O2/c1-4-16(9-5-8-15(2)3)12-10(17(18)19)6-7-11(13)14-12/h6-7H,4-5,8-9H2,1-3H3. The summed E-state index contributed by atoms with van der Waals surface area (Å²) in [6.45, 7) is 4.23. The van der Waals surface area contributed by atoms with Gasteiger partial charge in [-0.3, -0.25) is 10.1 Å². The molecule has 0 fully saturated rings. The van der Waals surface area contributed by atoms with E-state index in [0.717, 1.165) is 13.0 Å². The number of nitro groups is 1. The van der Waals surface area contributed by atoms with E-state index in [1.807, 2.05) is 25.9 Å². The minimum absolute atomic E-state index is 0.00361. The third-order valence-electron chi connectivity index (χ3n) is 2.73. The monoisotopic (exact) mass is 286 g/mol. The Morgan fingerprint density at radius 3 is 2.58 bits per heavy atom. The molecule has 1 rings (SSSR count). The number of halogens is 1. The van der Waals surface area contributed by atoms with E-state index >= 15 is 0 Å². The summed E-state index contributed by atoms with van der Waals surface area (Å²) in [4.78, 5) is 18.7. The van der Waals surface area contributed by atoms with Gasteiger partial charge in [0.2, 0.25) is 5.82 Å². The van der Waals surface area contributed by atoms with Crippen molar-refractivity contribution in [1.82, 2.24) is 9.88 Å². The van der Waals surface area contributed by atoms with Crippen molar-refractivity contribution in [1.29, 1.82) is 0 Å². The van der Waals surface area contributed by atoms with Gasteiger partial charge in [-0.2, -0.15) is 0 Å². The highest BCUT2D eigenvalue weighted by atomic mass is 35.5. The van der Waals surface area contributed by atoms with Gasteiger partial charge in [-0.1, -0.05) is 11.6 Å². The minimum atomic E-state index is -0.423. The van der Waals surface area contributed by atoms with Crippen LogP contribution in [-0.2, 0) is 0 Å². The fraction of sp³-hybridized carbons (Fsp3) is 0.583. The van der Waals surface area contributed by atoms with Crippen molar-refractivity contribution in [3.63, 3.8) is 0 Å². The van der Waals surface area contributed by atoms with E-state index < -0.39 is 4.92 Å². The Hall–Kier alpha value is -1.40. The van der Waals surface area contributed by atoms with Crippen LogP contribution >= 0.6 is 11.6 Å². The van der Waals surface area contributed by atoms with Crippen LogP contribution in [-0.4, -0.2) is 48.5 Å². The van der Waals surface area contributed by atoms with Crippen molar-refractivity contribution in [3.05, 3.63) is 27.4 Å². The molecular formula is C12H19ClN4O2. The normalized spacial score (nSPS) is 10.8. The second-order valence-corrected chi connectivity index (χ2v) is 4.86. The van der Waals surface area contributed by atoms with E-state index in [-0.39, 0.29) is 10.8 Å². The molecule has 1 aromatic heterocycles. The van der Waals surface area contributed by atoms with Gasteiger partial charge in [0.05, 0.1) is 4.92 Å². The molecule has 0 bridgehead atoms. The Kier molecular flexibility index (Phi) is 5.98. The van der Waals surface area contributed by atoms with Crippen LogP contribution in [0, 0.1) is 10.1 Å². The average molecular weight is 287 g/mol. The summed E-state index contributed by atoms with van der Waals surface area (Å²) in [5.41, 5.74) is -0.00361. The number of anilines is 1. The maximum Gasteiger partial charge on any atom is 0.311 e. The molecule has 0 amide bonds. The number of hydrogen-bond donors (Lipinski definition) is 0. The second kappa shape index (κ2) is 7.25. The first kappa shape index (κ1) is 15.7. The molecule has 0 saturated heterocycles. The summed E-state index contributed by atoms with van der Waals surface area (Å²) in [5, 5.41) is 11.3. The predicted molar refractivity (Wildman–Crippen MR) is 77.0 cm³/mol. The van der Waals surface area contributed by atoms with Gasteiger partial charge in [-0.05, 0) is 40.1 Å². The second-order valence-electron chi connectivity index (χ2n) is 4.47. The zero-order valence-electron chi connectivity index (χ0n) is 11.5. The fourth-order valence-corrected chi connectivity index (χ4v) is 1.93. The van der Waals surface area contributed by atoms with Gasteiger partial charge in [0.25, 0.3) is 0 Å². The van der Waals surface area contributed by atoms with Crippen molar-refractivity contribution >= 4 is 23.1 Å². The maximum atomic E-state index is 11.0. The SMILES string of the molecule is CCN(CCCN(C)C)c1nc(Cl)ccc1[N+](=O)[O-]. The lowest BCUT2D eigenvalue weighted by Gasteiger charge is -2.22. The Bertz CT molecular complexity index is 440. The molecule has 1 aromatic rings. The Morgan fingerprint density at radius 2 is 2.05 bits per heavy atom. The van der Waals surface area contributed by atoms with E-state index in [4.69, 9.17) is 11.6 Å². The van der Waals surface area contributed by atoms with E-state index in [0.29, 0.717) is 18.9 Å². The number of pyridine rings is 1. The van der Waals surface area contributed by atoms with Crippen molar-refractivity contribution in [2.24, 2.45) is 0 Å². The van der Waals surface area contributed by atoms with Crippen LogP contribution in [0.15, 0.2) is 12.1 Å². The van der Waals surface area contributed by atoms with Crippen molar-refractivity contribution < 1.29 is 4.92 Å². The van der Waals surface area contributed by atoms with Gasteiger partial charge in [0, 0.05) is 19.2 Å². The fourth-order valence-electron chi connectivity index (χ4n) is 1.78. The summed E-state index contributed by atoms with van der Waals surface area (Å²) in [6.07, 6.45) is 0.909. The summed E-state index contributed by atoms with van der Waals surface area (Å²) < 4.78 is 0. The molecule has 1 heterocycles. The zero-order valence-corrected chi connectivity index (χ0v) is 12.2. The summed E-state index contributed by atoms with van der Waals surface area (Å²) in [5.74, 6) is 0.346. The number of hydrogen-bond acceptors (Lipinski definition) is 5. The summed E-state index contributed by atoms with van der Waals surface area (Å²) in [7, 11) is 3.99. The van der Waals surface area contributed by atoms with Crippen LogP contribution < -0.4 is 4.90 Å². The van der Waals surface area contributed by atoms with Crippen molar-refractivity contribution in [2.45, 2.75) is 13.3 Å². The highest BCUT2D eigenvalue weighted by molar-refractivity contribution is 6.29. The molecule has 7 heteroatoms. The molecule has 0 aliphatic rings. The smallest absolute Gasteiger partial charge is 0.311 e. The predicted octanol–water partition coefficient (Wildman–Crippen LogP) is 2.42. The Morgan fingerprint density at radius 1 is 1.37 bits per heavy atom. The molecule has 0 radical (unpaired) electrons. The highest BCUT2D eigenvalue weighted by Gasteiger charge is 2.20. The van der Waals surface area contributed by atoms with E-state index in [2.05, 4.69) is 9.88 Å². The molecule has 0 aromatic carbocycles. The van der Waals surface area contributed by atoms with Crippen molar-refractivity contribution in [2.75, 3.05) is 38.6 Å². The van der Waals surface area contributed by atoms with Crippen LogP contribution in [0.4, 0.5) is 11.5 Å². The third-order valence-corrected chi connectivity index (χ3v) is 2.94. The average Bonchev–Trinajstić information content (AvgIpc) is 2.33.